The Morgan fingerprint density at radius 2 is 1.94 bits per heavy atom. The maximum absolute atomic E-state index is 6.27. The second-order valence-corrected chi connectivity index (χ2v) is 7.01. The molecule has 0 aliphatic heterocycles. The summed E-state index contributed by atoms with van der Waals surface area (Å²) in [7, 11) is 0. The Morgan fingerprint density at radius 1 is 1.29 bits per heavy atom. The van der Waals surface area contributed by atoms with Crippen LogP contribution in [0, 0.1) is 12.3 Å². The fraction of sp³-hybridized carbons (Fsp3) is 0.600. The zero-order valence-corrected chi connectivity index (χ0v) is 12.5. The minimum absolute atomic E-state index is 0.226. The van der Waals surface area contributed by atoms with Crippen LogP contribution in [0.2, 0.25) is 0 Å². The van der Waals surface area contributed by atoms with Gasteiger partial charge in [-0.3, -0.25) is 0 Å². The van der Waals surface area contributed by atoms with Crippen LogP contribution in [0.25, 0.3) is 0 Å². The zero-order chi connectivity index (χ0) is 13.1. The van der Waals surface area contributed by atoms with Gasteiger partial charge in [0, 0.05) is 16.2 Å². The molecular weight excluding hydrogens is 226 g/mol. The molecular formula is C15H25NS. The lowest BCUT2D eigenvalue weighted by atomic mass is 9.87. The highest BCUT2D eigenvalue weighted by molar-refractivity contribution is 8.00. The van der Waals surface area contributed by atoms with E-state index in [9.17, 15) is 0 Å². The zero-order valence-electron chi connectivity index (χ0n) is 11.7. The van der Waals surface area contributed by atoms with E-state index in [4.69, 9.17) is 5.73 Å². The van der Waals surface area contributed by atoms with E-state index >= 15 is 0 Å². The van der Waals surface area contributed by atoms with Gasteiger partial charge >= 0.3 is 0 Å². The van der Waals surface area contributed by atoms with Gasteiger partial charge in [-0.1, -0.05) is 45.4 Å². The molecule has 2 N–H and O–H groups in total. The van der Waals surface area contributed by atoms with Crippen LogP contribution in [0.4, 0.5) is 0 Å². The summed E-state index contributed by atoms with van der Waals surface area (Å²) in [5.41, 5.74) is 7.81. The van der Waals surface area contributed by atoms with Crippen LogP contribution in [-0.4, -0.2) is 11.3 Å². The molecule has 96 valence electrons. The van der Waals surface area contributed by atoms with E-state index in [0.717, 1.165) is 6.42 Å². The Kier molecular flexibility index (Phi) is 5.08. The first kappa shape index (κ1) is 14.6. The van der Waals surface area contributed by atoms with Crippen molar-refractivity contribution in [1.29, 1.82) is 0 Å². The van der Waals surface area contributed by atoms with Gasteiger partial charge in [-0.2, -0.15) is 0 Å². The standard InChI is InChI=1S/C15H25NS/c1-6-13(16)14(15(3,4)5)17-12-9-7-8-11(2)10-12/h7-10,13-14H,6,16H2,1-5H3. The quantitative estimate of drug-likeness (QED) is 0.810. The predicted octanol–water partition coefficient (Wildman–Crippen LogP) is 4.24. The normalized spacial score (nSPS) is 15.6. The summed E-state index contributed by atoms with van der Waals surface area (Å²) >= 11 is 1.92. The van der Waals surface area contributed by atoms with Crippen LogP contribution in [0.3, 0.4) is 0 Å². The van der Waals surface area contributed by atoms with Gasteiger partial charge in [-0.05, 0) is 30.9 Å². The first-order chi connectivity index (χ1) is 7.84. The molecule has 2 atom stereocenters. The van der Waals surface area contributed by atoms with E-state index in [1.54, 1.807) is 0 Å². The molecule has 2 unspecified atom stereocenters. The topological polar surface area (TPSA) is 26.0 Å². The summed E-state index contributed by atoms with van der Waals surface area (Å²) in [6, 6.07) is 8.93. The summed E-state index contributed by atoms with van der Waals surface area (Å²) in [6.07, 6.45) is 1.03. The lowest BCUT2D eigenvalue weighted by Gasteiger charge is -2.34. The molecule has 1 aromatic rings. The summed E-state index contributed by atoms with van der Waals surface area (Å²) < 4.78 is 0. The van der Waals surface area contributed by atoms with Crippen molar-refractivity contribution in [3.8, 4) is 0 Å². The van der Waals surface area contributed by atoms with E-state index < -0.39 is 0 Å². The van der Waals surface area contributed by atoms with Crippen LogP contribution < -0.4 is 5.73 Å². The van der Waals surface area contributed by atoms with Crippen LogP contribution in [-0.2, 0) is 0 Å². The Labute approximate surface area is 110 Å². The smallest absolute Gasteiger partial charge is 0.0294 e. The monoisotopic (exact) mass is 251 g/mol. The summed E-state index contributed by atoms with van der Waals surface area (Å²) in [5, 5.41) is 0.453. The van der Waals surface area contributed by atoms with Crippen molar-refractivity contribution in [3.63, 3.8) is 0 Å². The number of aryl methyl sites for hydroxylation is 1. The number of hydrogen-bond acceptors (Lipinski definition) is 2. The van der Waals surface area contributed by atoms with Crippen LogP contribution in [0.15, 0.2) is 29.2 Å². The third kappa shape index (κ3) is 4.36. The highest BCUT2D eigenvalue weighted by atomic mass is 32.2. The number of benzene rings is 1. The molecule has 0 aliphatic rings. The SMILES string of the molecule is CCC(N)C(Sc1cccc(C)c1)C(C)(C)C. The average Bonchev–Trinajstić information content (AvgIpc) is 2.23. The van der Waals surface area contributed by atoms with Gasteiger partial charge < -0.3 is 5.73 Å². The number of nitrogens with two attached hydrogens (primary N) is 1. The Bertz CT molecular complexity index is 354. The molecule has 1 nitrogen and oxygen atoms in total. The van der Waals surface area contributed by atoms with Crippen molar-refractivity contribution in [3.05, 3.63) is 29.8 Å². The van der Waals surface area contributed by atoms with E-state index in [1.165, 1.54) is 10.5 Å². The molecule has 1 rings (SSSR count). The van der Waals surface area contributed by atoms with Crippen molar-refractivity contribution >= 4 is 11.8 Å². The van der Waals surface area contributed by atoms with Gasteiger partial charge in [-0.15, -0.1) is 11.8 Å². The molecule has 0 aromatic heterocycles. The van der Waals surface area contributed by atoms with Crippen molar-refractivity contribution < 1.29 is 0 Å². The molecule has 17 heavy (non-hydrogen) atoms. The Balaban J connectivity index is 2.87. The molecule has 2 heteroatoms. The maximum Gasteiger partial charge on any atom is 0.0294 e. The van der Waals surface area contributed by atoms with Crippen molar-refractivity contribution in [1.82, 2.24) is 0 Å². The third-order valence-corrected chi connectivity index (χ3v) is 4.80. The van der Waals surface area contributed by atoms with Gasteiger partial charge in [-0.25, -0.2) is 0 Å². The van der Waals surface area contributed by atoms with Gasteiger partial charge in [0.15, 0.2) is 0 Å². The van der Waals surface area contributed by atoms with Crippen LogP contribution >= 0.6 is 11.8 Å². The summed E-state index contributed by atoms with van der Waals surface area (Å²) in [4.78, 5) is 1.33. The van der Waals surface area contributed by atoms with E-state index in [-0.39, 0.29) is 11.5 Å². The van der Waals surface area contributed by atoms with E-state index in [1.807, 2.05) is 11.8 Å². The molecule has 0 heterocycles. The number of hydrogen-bond donors (Lipinski definition) is 1. The Hall–Kier alpha value is -0.470. The van der Waals surface area contributed by atoms with Crippen LogP contribution in [0.1, 0.15) is 39.7 Å². The molecule has 1 aromatic carbocycles. The van der Waals surface area contributed by atoms with Gasteiger partial charge in [0.2, 0.25) is 0 Å². The minimum Gasteiger partial charge on any atom is -0.327 e. The van der Waals surface area contributed by atoms with Crippen molar-refractivity contribution in [2.24, 2.45) is 11.1 Å². The lowest BCUT2D eigenvalue weighted by Crippen LogP contribution is -2.40. The Morgan fingerprint density at radius 3 is 2.41 bits per heavy atom. The van der Waals surface area contributed by atoms with E-state index in [0.29, 0.717) is 5.25 Å². The molecule has 0 bridgehead atoms. The average molecular weight is 251 g/mol. The first-order valence-electron chi connectivity index (χ1n) is 6.33. The molecule has 0 spiro atoms. The predicted molar refractivity (Wildman–Crippen MR) is 78.5 cm³/mol. The second kappa shape index (κ2) is 5.92. The fourth-order valence-corrected chi connectivity index (χ4v) is 3.38. The van der Waals surface area contributed by atoms with Crippen molar-refractivity contribution in [2.75, 3.05) is 0 Å². The number of thioether (sulfide) groups is 1. The van der Waals surface area contributed by atoms with Crippen molar-refractivity contribution in [2.45, 2.75) is 57.2 Å². The van der Waals surface area contributed by atoms with Gasteiger partial charge in [0.25, 0.3) is 0 Å². The second-order valence-electron chi connectivity index (χ2n) is 5.79. The number of rotatable bonds is 4. The summed E-state index contributed by atoms with van der Waals surface area (Å²) in [5.74, 6) is 0. The highest BCUT2D eigenvalue weighted by Crippen LogP contribution is 2.37. The molecule has 0 fully saturated rings. The first-order valence-corrected chi connectivity index (χ1v) is 7.21. The molecule has 0 radical (unpaired) electrons. The fourth-order valence-electron chi connectivity index (χ4n) is 1.96. The van der Waals surface area contributed by atoms with Gasteiger partial charge in [0.05, 0.1) is 0 Å². The largest absolute Gasteiger partial charge is 0.327 e. The maximum atomic E-state index is 6.27. The molecule has 0 saturated heterocycles. The molecule has 0 saturated carbocycles. The van der Waals surface area contributed by atoms with Crippen LogP contribution in [0.5, 0.6) is 0 Å². The molecule has 0 amide bonds. The highest BCUT2D eigenvalue weighted by Gasteiger charge is 2.30. The van der Waals surface area contributed by atoms with E-state index in [2.05, 4.69) is 58.9 Å². The third-order valence-electron chi connectivity index (χ3n) is 2.97. The lowest BCUT2D eigenvalue weighted by molar-refractivity contribution is 0.350. The summed E-state index contributed by atoms with van der Waals surface area (Å²) in [6.45, 7) is 11.1. The molecule has 0 aliphatic carbocycles. The van der Waals surface area contributed by atoms with Gasteiger partial charge in [0.1, 0.15) is 0 Å². The minimum atomic E-state index is 0.226.